The summed E-state index contributed by atoms with van der Waals surface area (Å²) in [6.07, 6.45) is 10.4. The van der Waals surface area contributed by atoms with Crippen LogP contribution in [0.5, 0.6) is 0 Å². The number of ketones is 2. The lowest BCUT2D eigenvalue weighted by atomic mass is 9.83. The summed E-state index contributed by atoms with van der Waals surface area (Å²) >= 11 is 12.8. The van der Waals surface area contributed by atoms with Gasteiger partial charge in [-0.2, -0.15) is 10.2 Å². The molecule has 1 N–H and O–H groups in total. The van der Waals surface area contributed by atoms with Gasteiger partial charge in [-0.25, -0.2) is 21.5 Å². The fraction of sp³-hybridized carbons (Fsp3) is 0.400. The van der Waals surface area contributed by atoms with Gasteiger partial charge in [-0.1, -0.05) is 85.6 Å². The molecule has 4 aliphatic rings. The Balaban J connectivity index is 0.000000161. The lowest BCUT2D eigenvalue weighted by Crippen LogP contribution is -2.22. The van der Waals surface area contributed by atoms with Crippen molar-refractivity contribution in [1.82, 2.24) is 20.0 Å². The SMILES string of the molecule is C1=COCCC1.CC1(CC(=O)c2ccc3c(-c4ccccc4Cl)n[nH]c3c2)CCS(=O)(=O)C1.CC1(CC(=O)c2ccc3c(-c4ccccc4Cl)nn(C4CCCCO4)c3c2)CCS(=O)(=O)C1. The van der Waals surface area contributed by atoms with Crippen molar-refractivity contribution in [2.24, 2.45) is 10.8 Å². The lowest BCUT2D eigenvalue weighted by Gasteiger charge is -2.23. The number of benzene rings is 4. The number of aromatic nitrogens is 4. The molecule has 0 spiro atoms. The minimum atomic E-state index is -3.06. The Kier molecular flexibility index (Phi) is 14.3. The Morgan fingerprint density at radius 3 is 1.83 bits per heavy atom. The lowest BCUT2D eigenvalue weighted by molar-refractivity contribution is -0.0365. The van der Waals surface area contributed by atoms with E-state index >= 15 is 0 Å². The molecular weight excluding hydrogens is 920 g/mol. The number of hydrogen-bond donors (Lipinski definition) is 1. The maximum atomic E-state index is 13.2. The first-order chi connectivity index (χ1) is 31.5. The molecule has 4 aliphatic heterocycles. The average Bonchev–Trinajstić information content (AvgIpc) is 4.05. The van der Waals surface area contributed by atoms with E-state index in [2.05, 4.69) is 10.2 Å². The molecule has 6 heterocycles. The Morgan fingerprint density at radius 1 is 0.742 bits per heavy atom. The quantitative estimate of drug-likeness (QED) is 0.138. The second kappa shape index (κ2) is 19.8. The van der Waals surface area contributed by atoms with E-state index in [0.717, 1.165) is 70.2 Å². The van der Waals surface area contributed by atoms with Gasteiger partial charge in [0.25, 0.3) is 0 Å². The molecular formula is C50H54Cl2N4O8S2. The minimum Gasteiger partial charge on any atom is -0.502 e. The number of nitrogens with one attached hydrogen (secondary N) is 1. The molecule has 3 fully saturated rings. The highest BCUT2D eigenvalue weighted by Gasteiger charge is 2.41. The summed E-state index contributed by atoms with van der Waals surface area (Å²) in [4.78, 5) is 25.9. The molecule has 0 aliphatic carbocycles. The monoisotopic (exact) mass is 972 g/mol. The first kappa shape index (κ1) is 47.6. The standard InChI is InChI=1S/C25H27ClN2O4S.C20H19ClN2O3S.C5H8O/c1-25(11-13-33(30,31)16-25)15-22(29)17-9-10-19-21(14-17)28(23-8-4-5-12-32-23)27-24(19)18-6-2-3-7-20(18)26;1-20(8-9-27(25,26)12-20)11-18(24)13-6-7-15-17(10-13)22-23-19(15)14-4-2-3-5-16(14)21;1-2-4-6-5-3-1/h2-3,6-7,9-10,14,23H,4-5,8,11-13,15-16H2,1H3;2-7,10H,8-9,11-12H2,1H3,(H,22,23);2,4H,1,3,5H2. The predicted molar refractivity (Wildman–Crippen MR) is 261 cm³/mol. The van der Waals surface area contributed by atoms with Crippen LogP contribution in [0.15, 0.2) is 97.3 Å². The summed E-state index contributed by atoms with van der Waals surface area (Å²) in [5.74, 6) is 0.367. The third-order valence-electron chi connectivity index (χ3n) is 12.8. The van der Waals surface area contributed by atoms with Gasteiger partial charge in [-0.05, 0) is 98.2 Å². The highest BCUT2D eigenvalue weighted by molar-refractivity contribution is 7.91. The molecule has 2 aromatic heterocycles. The number of ether oxygens (including phenoxy) is 2. The topological polar surface area (TPSA) is 167 Å². The average molecular weight is 974 g/mol. The summed E-state index contributed by atoms with van der Waals surface area (Å²) in [5, 5.41) is 15.2. The van der Waals surface area contributed by atoms with Crippen LogP contribution in [0.4, 0.5) is 0 Å². The van der Waals surface area contributed by atoms with Crippen LogP contribution >= 0.6 is 23.2 Å². The van der Waals surface area contributed by atoms with E-state index < -0.39 is 30.5 Å². The van der Waals surface area contributed by atoms with Gasteiger partial charge in [0.1, 0.15) is 11.4 Å². The largest absolute Gasteiger partial charge is 0.502 e. The zero-order valence-electron chi connectivity index (χ0n) is 37.1. The second-order valence-corrected chi connectivity index (χ2v) is 23.7. The number of rotatable bonds is 9. The number of hydrogen-bond acceptors (Lipinski definition) is 10. The highest BCUT2D eigenvalue weighted by atomic mass is 35.5. The van der Waals surface area contributed by atoms with Crippen molar-refractivity contribution in [3.8, 4) is 22.5 Å². The molecule has 10 rings (SSSR count). The van der Waals surface area contributed by atoms with E-state index in [4.69, 9.17) is 37.8 Å². The van der Waals surface area contributed by atoms with Crippen LogP contribution in [0.3, 0.4) is 0 Å². The van der Waals surface area contributed by atoms with Crippen LogP contribution in [0.1, 0.15) is 98.6 Å². The molecule has 4 aromatic carbocycles. The zero-order chi connectivity index (χ0) is 46.7. The van der Waals surface area contributed by atoms with Gasteiger partial charge in [0, 0.05) is 52.5 Å². The van der Waals surface area contributed by atoms with Gasteiger partial charge in [-0.3, -0.25) is 14.7 Å². The number of nitrogens with zero attached hydrogens (tertiary/aromatic N) is 3. The third-order valence-corrected chi connectivity index (χ3v) is 17.4. The number of fused-ring (bicyclic) bond motifs is 2. The van der Waals surface area contributed by atoms with Crippen LogP contribution in [0.25, 0.3) is 44.3 Å². The van der Waals surface area contributed by atoms with E-state index in [1.54, 1.807) is 18.4 Å². The Morgan fingerprint density at radius 2 is 1.33 bits per heavy atom. The Hall–Kier alpha value is -4.86. The number of allylic oxidation sites excluding steroid dienone is 1. The molecule has 348 valence electrons. The summed E-state index contributed by atoms with van der Waals surface area (Å²) in [7, 11) is -6.09. The highest BCUT2D eigenvalue weighted by Crippen LogP contribution is 2.40. The number of H-pyrrole nitrogens is 1. The van der Waals surface area contributed by atoms with Crippen molar-refractivity contribution in [3.05, 3.63) is 118 Å². The molecule has 3 unspecified atom stereocenters. The molecule has 16 heteroatoms. The van der Waals surface area contributed by atoms with Gasteiger partial charge >= 0.3 is 0 Å². The molecule has 12 nitrogen and oxygen atoms in total. The van der Waals surface area contributed by atoms with Gasteiger partial charge in [0.15, 0.2) is 37.5 Å². The van der Waals surface area contributed by atoms with Crippen molar-refractivity contribution < 1.29 is 35.9 Å². The van der Waals surface area contributed by atoms with Crippen LogP contribution in [0.2, 0.25) is 10.0 Å². The fourth-order valence-corrected chi connectivity index (χ4v) is 14.2. The van der Waals surface area contributed by atoms with E-state index in [1.807, 2.05) is 97.4 Å². The number of halogens is 2. The Labute approximate surface area is 395 Å². The van der Waals surface area contributed by atoms with Gasteiger partial charge < -0.3 is 9.47 Å². The van der Waals surface area contributed by atoms with E-state index in [1.165, 1.54) is 12.8 Å². The molecule has 66 heavy (non-hydrogen) atoms. The summed E-state index contributed by atoms with van der Waals surface area (Å²) in [6, 6.07) is 26.1. The van der Waals surface area contributed by atoms with Gasteiger partial charge in [0.05, 0.1) is 57.0 Å². The van der Waals surface area contributed by atoms with Crippen LogP contribution in [-0.2, 0) is 29.1 Å². The minimum absolute atomic E-state index is 0.0480. The zero-order valence-corrected chi connectivity index (χ0v) is 40.2. The van der Waals surface area contributed by atoms with Crippen LogP contribution in [0, 0.1) is 10.8 Å². The number of Topliss-reactive ketones (excluding diaryl/α,β-unsaturated/α-hetero) is 2. The van der Waals surface area contributed by atoms with Crippen molar-refractivity contribution in [1.29, 1.82) is 0 Å². The smallest absolute Gasteiger partial charge is 0.163 e. The molecule has 3 saturated heterocycles. The van der Waals surface area contributed by atoms with Crippen molar-refractivity contribution >= 4 is 76.2 Å². The predicted octanol–water partition coefficient (Wildman–Crippen LogP) is 11.0. The molecule has 3 atom stereocenters. The van der Waals surface area contributed by atoms with Crippen molar-refractivity contribution in [3.63, 3.8) is 0 Å². The van der Waals surface area contributed by atoms with Gasteiger partial charge in [0.2, 0.25) is 0 Å². The normalized spacial score (nSPS) is 23.1. The third kappa shape index (κ3) is 11.1. The summed E-state index contributed by atoms with van der Waals surface area (Å²) < 4.78 is 60.3. The van der Waals surface area contributed by atoms with E-state index in [9.17, 15) is 26.4 Å². The second-order valence-electron chi connectivity index (χ2n) is 18.5. The van der Waals surface area contributed by atoms with E-state index in [-0.39, 0.29) is 53.6 Å². The van der Waals surface area contributed by atoms with Crippen LogP contribution in [-0.4, -0.2) is 84.6 Å². The van der Waals surface area contributed by atoms with Crippen molar-refractivity contribution in [2.45, 2.75) is 77.9 Å². The fourth-order valence-electron chi connectivity index (χ4n) is 9.25. The molecule has 0 amide bonds. The first-order valence-corrected chi connectivity index (χ1v) is 26.8. The number of carbonyl (C=O) groups is 2. The van der Waals surface area contributed by atoms with Crippen LogP contribution < -0.4 is 0 Å². The number of carbonyl (C=O) groups excluding carboxylic acids is 2. The maximum absolute atomic E-state index is 13.2. The molecule has 6 aromatic rings. The Bertz CT molecular complexity index is 3030. The summed E-state index contributed by atoms with van der Waals surface area (Å²) in [5.41, 5.74) is 4.86. The van der Waals surface area contributed by atoms with Gasteiger partial charge in [-0.15, -0.1) is 0 Å². The summed E-state index contributed by atoms with van der Waals surface area (Å²) in [6.45, 7) is 5.36. The maximum Gasteiger partial charge on any atom is 0.163 e. The molecule has 0 bridgehead atoms. The molecule has 0 radical (unpaired) electrons. The number of aromatic amines is 1. The number of sulfone groups is 2. The van der Waals surface area contributed by atoms with E-state index in [0.29, 0.717) is 40.6 Å². The van der Waals surface area contributed by atoms with Crippen molar-refractivity contribution in [2.75, 3.05) is 36.2 Å². The molecule has 0 saturated carbocycles. The first-order valence-electron chi connectivity index (χ1n) is 22.4.